The van der Waals surface area contributed by atoms with Gasteiger partial charge in [0.25, 0.3) is 0 Å². The Morgan fingerprint density at radius 3 is 2.90 bits per heavy atom. The van der Waals surface area contributed by atoms with Crippen LogP contribution in [0.4, 0.5) is 0 Å². The number of aliphatic hydroxyl groups excluding tert-OH is 1. The van der Waals surface area contributed by atoms with E-state index in [1.165, 1.54) is 12.8 Å². The largest absolute Gasteiger partial charge is 0.491 e. The highest BCUT2D eigenvalue weighted by Crippen LogP contribution is 2.12. The van der Waals surface area contributed by atoms with E-state index < -0.39 is 0 Å². The van der Waals surface area contributed by atoms with E-state index in [2.05, 4.69) is 25.7 Å². The van der Waals surface area contributed by atoms with Crippen LogP contribution in [-0.4, -0.2) is 31.5 Å². The summed E-state index contributed by atoms with van der Waals surface area (Å²) in [5, 5.41) is 8.66. The molecule has 0 bridgehead atoms. The van der Waals surface area contributed by atoms with Crippen LogP contribution in [0.15, 0.2) is 24.3 Å². The van der Waals surface area contributed by atoms with Crippen molar-refractivity contribution in [2.75, 3.05) is 26.4 Å². The minimum atomic E-state index is -0.130. The summed E-state index contributed by atoms with van der Waals surface area (Å²) < 4.78 is 11.2. The molecule has 0 fully saturated rings. The van der Waals surface area contributed by atoms with E-state index in [9.17, 15) is 0 Å². The van der Waals surface area contributed by atoms with Crippen LogP contribution in [0, 0.1) is 17.8 Å². The summed E-state index contributed by atoms with van der Waals surface area (Å²) in [6.45, 7) is 6.18. The summed E-state index contributed by atoms with van der Waals surface area (Å²) in [4.78, 5) is 0. The molecule has 1 atom stereocenters. The Morgan fingerprint density at radius 1 is 1.30 bits per heavy atom. The molecule has 3 nitrogen and oxygen atoms in total. The molecule has 1 rings (SSSR count). The van der Waals surface area contributed by atoms with Crippen LogP contribution >= 0.6 is 0 Å². The van der Waals surface area contributed by atoms with Crippen LogP contribution in [0.3, 0.4) is 0 Å². The van der Waals surface area contributed by atoms with Crippen LogP contribution in [0.2, 0.25) is 0 Å². The van der Waals surface area contributed by atoms with Crippen molar-refractivity contribution in [1.82, 2.24) is 0 Å². The molecule has 1 N–H and O–H groups in total. The number of aliphatic hydroxyl groups is 1. The first-order chi connectivity index (χ1) is 9.76. The lowest BCUT2D eigenvalue weighted by Crippen LogP contribution is -2.11. The van der Waals surface area contributed by atoms with Crippen molar-refractivity contribution >= 4 is 0 Å². The molecule has 0 aliphatic heterocycles. The van der Waals surface area contributed by atoms with Gasteiger partial charge in [-0.1, -0.05) is 38.2 Å². The zero-order valence-electron chi connectivity index (χ0n) is 12.4. The predicted molar refractivity (Wildman–Crippen MR) is 80.8 cm³/mol. The first-order valence-electron chi connectivity index (χ1n) is 7.16. The van der Waals surface area contributed by atoms with Gasteiger partial charge in [0.05, 0.1) is 6.61 Å². The lowest BCUT2D eigenvalue weighted by atomic mass is 10.1. The summed E-state index contributed by atoms with van der Waals surface area (Å²) >= 11 is 0. The first kappa shape index (κ1) is 16.6. The smallest absolute Gasteiger partial charge is 0.120 e. The second kappa shape index (κ2) is 10.3. The van der Waals surface area contributed by atoms with Gasteiger partial charge in [0.2, 0.25) is 0 Å². The SMILES string of the molecule is CCCC(C)COCCOc1cccc(C#CCO)c1. The van der Waals surface area contributed by atoms with Crippen LogP contribution in [-0.2, 0) is 4.74 Å². The maximum Gasteiger partial charge on any atom is 0.120 e. The maximum atomic E-state index is 8.66. The molecule has 0 saturated heterocycles. The number of ether oxygens (including phenoxy) is 2. The molecule has 110 valence electrons. The molecule has 0 radical (unpaired) electrons. The van der Waals surface area contributed by atoms with Crippen molar-refractivity contribution in [1.29, 1.82) is 0 Å². The van der Waals surface area contributed by atoms with Gasteiger partial charge in [-0.25, -0.2) is 0 Å². The molecule has 20 heavy (non-hydrogen) atoms. The molecule has 0 aliphatic carbocycles. The zero-order valence-corrected chi connectivity index (χ0v) is 12.4. The minimum Gasteiger partial charge on any atom is -0.491 e. The van der Waals surface area contributed by atoms with Gasteiger partial charge in [-0.2, -0.15) is 0 Å². The van der Waals surface area contributed by atoms with Crippen molar-refractivity contribution < 1.29 is 14.6 Å². The summed E-state index contributed by atoms with van der Waals surface area (Å²) in [6, 6.07) is 7.53. The van der Waals surface area contributed by atoms with E-state index in [1.54, 1.807) is 0 Å². The second-order valence-corrected chi connectivity index (χ2v) is 4.80. The van der Waals surface area contributed by atoms with Crippen molar-refractivity contribution in [3.05, 3.63) is 29.8 Å². The van der Waals surface area contributed by atoms with E-state index in [1.807, 2.05) is 24.3 Å². The minimum absolute atomic E-state index is 0.130. The van der Waals surface area contributed by atoms with Gasteiger partial charge in [-0.3, -0.25) is 0 Å². The van der Waals surface area contributed by atoms with Gasteiger partial charge >= 0.3 is 0 Å². The van der Waals surface area contributed by atoms with Crippen LogP contribution < -0.4 is 4.74 Å². The molecule has 0 saturated carbocycles. The third-order valence-corrected chi connectivity index (χ3v) is 2.83. The van der Waals surface area contributed by atoms with Gasteiger partial charge < -0.3 is 14.6 Å². The summed E-state index contributed by atoms with van der Waals surface area (Å²) in [6.07, 6.45) is 2.40. The Kier molecular flexibility index (Phi) is 8.53. The van der Waals surface area contributed by atoms with Crippen molar-refractivity contribution in [2.24, 2.45) is 5.92 Å². The third-order valence-electron chi connectivity index (χ3n) is 2.83. The fraction of sp³-hybridized carbons (Fsp3) is 0.529. The molecule has 0 aromatic heterocycles. The highest BCUT2D eigenvalue weighted by molar-refractivity contribution is 5.39. The van der Waals surface area contributed by atoms with E-state index in [-0.39, 0.29) is 6.61 Å². The van der Waals surface area contributed by atoms with Crippen molar-refractivity contribution in [3.8, 4) is 17.6 Å². The lowest BCUT2D eigenvalue weighted by Gasteiger charge is -2.11. The van der Waals surface area contributed by atoms with Crippen molar-refractivity contribution in [3.63, 3.8) is 0 Å². The van der Waals surface area contributed by atoms with Gasteiger partial charge in [0, 0.05) is 12.2 Å². The Labute approximate surface area is 121 Å². The molecule has 1 aromatic carbocycles. The summed E-state index contributed by atoms with van der Waals surface area (Å²) in [7, 11) is 0. The topological polar surface area (TPSA) is 38.7 Å². The van der Waals surface area contributed by atoms with Crippen LogP contribution in [0.25, 0.3) is 0 Å². The Morgan fingerprint density at radius 2 is 2.15 bits per heavy atom. The fourth-order valence-corrected chi connectivity index (χ4v) is 1.88. The molecule has 0 amide bonds. The average molecular weight is 276 g/mol. The van der Waals surface area contributed by atoms with Gasteiger partial charge in [0.15, 0.2) is 0 Å². The van der Waals surface area contributed by atoms with Gasteiger partial charge in [0.1, 0.15) is 19.0 Å². The first-order valence-corrected chi connectivity index (χ1v) is 7.16. The second-order valence-electron chi connectivity index (χ2n) is 4.80. The average Bonchev–Trinajstić information content (AvgIpc) is 2.45. The van der Waals surface area contributed by atoms with Gasteiger partial charge in [-0.05, 0) is 30.5 Å². The molecular formula is C17H24O3. The molecule has 0 spiro atoms. The van der Waals surface area contributed by atoms with E-state index in [0.29, 0.717) is 19.1 Å². The fourth-order valence-electron chi connectivity index (χ4n) is 1.88. The number of benzene rings is 1. The molecule has 3 heteroatoms. The molecule has 0 aliphatic rings. The standard InChI is InChI=1S/C17H24O3/c1-3-6-15(2)14-19-11-12-20-17-9-4-7-16(13-17)8-5-10-18/h4,7,9,13,15,18H,3,6,10-12,14H2,1-2H3. The predicted octanol–water partition coefficient (Wildman–Crippen LogP) is 2.86. The van der Waals surface area contributed by atoms with E-state index in [0.717, 1.165) is 17.9 Å². The Bertz CT molecular complexity index is 431. The maximum absolute atomic E-state index is 8.66. The monoisotopic (exact) mass is 276 g/mol. The highest BCUT2D eigenvalue weighted by Gasteiger charge is 2.00. The number of hydrogen-bond acceptors (Lipinski definition) is 3. The third kappa shape index (κ3) is 7.18. The van der Waals surface area contributed by atoms with E-state index in [4.69, 9.17) is 14.6 Å². The van der Waals surface area contributed by atoms with Crippen LogP contribution in [0.5, 0.6) is 5.75 Å². The molecular weight excluding hydrogens is 252 g/mol. The number of hydrogen-bond donors (Lipinski definition) is 1. The zero-order chi connectivity index (χ0) is 14.6. The van der Waals surface area contributed by atoms with E-state index >= 15 is 0 Å². The molecule has 0 heterocycles. The molecule has 1 unspecified atom stereocenters. The Hall–Kier alpha value is -1.50. The normalized spacial score (nSPS) is 11.6. The molecule has 1 aromatic rings. The summed E-state index contributed by atoms with van der Waals surface area (Å²) in [5.74, 6) is 6.86. The number of rotatable bonds is 8. The van der Waals surface area contributed by atoms with Gasteiger partial charge in [-0.15, -0.1) is 0 Å². The van der Waals surface area contributed by atoms with Crippen LogP contribution in [0.1, 0.15) is 32.3 Å². The lowest BCUT2D eigenvalue weighted by molar-refractivity contribution is 0.0758. The van der Waals surface area contributed by atoms with Crippen molar-refractivity contribution in [2.45, 2.75) is 26.7 Å². The summed E-state index contributed by atoms with van der Waals surface area (Å²) in [5.41, 5.74) is 0.842. The quantitative estimate of drug-likeness (QED) is 0.586. The Balaban J connectivity index is 2.25. The highest BCUT2D eigenvalue weighted by atomic mass is 16.5.